The summed E-state index contributed by atoms with van der Waals surface area (Å²) in [4.78, 5) is 34.2. The Morgan fingerprint density at radius 1 is 1.09 bits per heavy atom. The number of likely N-dealkylation sites (tertiary alicyclic amines) is 1. The van der Waals surface area contributed by atoms with Gasteiger partial charge in [0.1, 0.15) is 11.5 Å². The van der Waals surface area contributed by atoms with Crippen LogP contribution < -0.4 is 4.74 Å². The van der Waals surface area contributed by atoms with Gasteiger partial charge in [-0.05, 0) is 54.3 Å². The Kier molecular flexibility index (Phi) is 8.15. The van der Waals surface area contributed by atoms with Gasteiger partial charge in [-0.3, -0.25) is 19.5 Å². The lowest BCUT2D eigenvalue weighted by Gasteiger charge is -2.29. The zero-order valence-corrected chi connectivity index (χ0v) is 20.4. The van der Waals surface area contributed by atoms with Crippen molar-refractivity contribution in [1.29, 1.82) is 0 Å². The molecule has 1 atom stereocenters. The van der Waals surface area contributed by atoms with Gasteiger partial charge in [-0.2, -0.15) is 0 Å². The van der Waals surface area contributed by atoms with Crippen LogP contribution in [0.2, 0.25) is 0 Å². The first kappa shape index (κ1) is 24.9. The van der Waals surface area contributed by atoms with Gasteiger partial charge in [0.05, 0.1) is 31.4 Å². The predicted octanol–water partition coefficient (Wildman–Crippen LogP) is 3.26. The molecule has 1 unspecified atom stereocenters. The molecule has 0 bridgehead atoms. The van der Waals surface area contributed by atoms with Gasteiger partial charge in [-0.15, -0.1) is 0 Å². The second kappa shape index (κ2) is 11.5. The average Bonchev–Trinajstić information content (AvgIpc) is 3.13. The lowest BCUT2D eigenvalue weighted by Crippen LogP contribution is -2.38. The molecular formula is C27H33N3O5. The van der Waals surface area contributed by atoms with Crippen molar-refractivity contribution in [3.63, 3.8) is 0 Å². The second-order valence-corrected chi connectivity index (χ2v) is 9.31. The van der Waals surface area contributed by atoms with Gasteiger partial charge < -0.3 is 19.5 Å². The molecule has 0 saturated carbocycles. The van der Waals surface area contributed by atoms with Gasteiger partial charge in [0.25, 0.3) is 11.7 Å². The van der Waals surface area contributed by atoms with E-state index in [1.165, 1.54) is 0 Å². The quantitative estimate of drug-likeness (QED) is 0.335. The van der Waals surface area contributed by atoms with Crippen molar-refractivity contribution in [2.75, 3.05) is 46.0 Å². The van der Waals surface area contributed by atoms with Crippen LogP contribution in [0, 0.1) is 5.92 Å². The van der Waals surface area contributed by atoms with Crippen LogP contribution in [0.1, 0.15) is 37.4 Å². The third-order valence-electron chi connectivity index (χ3n) is 6.25. The minimum Gasteiger partial charge on any atom is -0.507 e. The number of pyridine rings is 1. The van der Waals surface area contributed by atoms with E-state index in [0.29, 0.717) is 43.6 Å². The summed E-state index contributed by atoms with van der Waals surface area (Å²) < 4.78 is 11.1. The van der Waals surface area contributed by atoms with E-state index in [4.69, 9.17) is 9.47 Å². The van der Waals surface area contributed by atoms with Crippen molar-refractivity contribution < 1.29 is 24.2 Å². The van der Waals surface area contributed by atoms with E-state index >= 15 is 0 Å². The number of amides is 1. The van der Waals surface area contributed by atoms with Gasteiger partial charge >= 0.3 is 0 Å². The maximum absolute atomic E-state index is 13.1. The fraction of sp³-hybridized carbons (Fsp3) is 0.444. The third kappa shape index (κ3) is 5.89. The van der Waals surface area contributed by atoms with Gasteiger partial charge in [0.15, 0.2) is 0 Å². The molecule has 2 aromatic rings. The molecule has 0 aliphatic carbocycles. The smallest absolute Gasteiger partial charge is 0.295 e. The van der Waals surface area contributed by atoms with E-state index in [2.05, 4.69) is 23.7 Å². The largest absolute Gasteiger partial charge is 0.507 e. The van der Waals surface area contributed by atoms with E-state index in [0.717, 1.165) is 31.6 Å². The number of hydrogen-bond donors (Lipinski definition) is 1. The first-order valence-electron chi connectivity index (χ1n) is 12.2. The van der Waals surface area contributed by atoms with Crippen molar-refractivity contribution in [2.24, 2.45) is 5.92 Å². The molecule has 2 saturated heterocycles. The molecule has 2 aliphatic rings. The highest BCUT2D eigenvalue weighted by Crippen LogP contribution is 2.39. The zero-order chi connectivity index (χ0) is 24.8. The molecule has 2 fully saturated rings. The van der Waals surface area contributed by atoms with Crippen LogP contribution in [0.15, 0.2) is 54.4 Å². The summed E-state index contributed by atoms with van der Waals surface area (Å²) in [7, 11) is 0. The lowest BCUT2D eigenvalue weighted by atomic mass is 9.96. The number of ether oxygens (including phenoxy) is 2. The summed E-state index contributed by atoms with van der Waals surface area (Å²) in [5.74, 6) is -0.369. The highest BCUT2D eigenvalue weighted by atomic mass is 16.5. The standard InChI is InChI=1S/C27H33N3O5/c1-19(2)18-35-22-6-4-21(5-7-22)25(31)23-24(20-8-10-28-11-9-20)30(27(33)26(23)32)13-3-12-29-14-16-34-17-15-29/h4-11,19,24,31H,3,12-18H2,1-2H3/b25-23-. The molecule has 1 aromatic heterocycles. The van der Waals surface area contributed by atoms with E-state index in [1.54, 1.807) is 53.7 Å². The molecule has 8 heteroatoms. The minimum absolute atomic E-state index is 0.100. The molecule has 1 N–H and O–H groups in total. The fourth-order valence-corrected chi connectivity index (χ4v) is 4.42. The first-order chi connectivity index (χ1) is 17.0. The monoisotopic (exact) mass is 479 g/mol. The molecule has 0 spiro atoms. The van der Waals surface area contributed by atoms with E-state index in [1.807, 2.05) is 0 Å². The van der Waals surface area contributed by atoms with Gasteiger partial charge in [0, 0.05) is 44.1 Å². The number of carbonyl (C=O) groups is 2. The number of Topliss-reactive ketones (excluding diaryl/α,β-unsaturated/α-hetero) is 1. The SMILES string of the molecule is CC(C)COc1ccc(/C(O)=C2/C(=O)C(=O)N(CCCN3CCOCC3)C2c2ccncc2)cc1. The minimum atomic E-state index is -0.671. The highest BCUT2D eigenvalue weighted by Gasteiger charge is 2.45. The topological polar surface area (TPSA) is 92.2 Å². The molecule has 186 valence electrons. The number of aliphatic hydroxyl groups excluding tert-OH is 1. The molecule has 35 heavy (non-hydrogen) atoms. The average molecular weight is 480 g/mol. The van der Waals surface area contributed by atoms with Crippen molar-refractivity contribution in [3.05, 3.63) is 65.5 Å². The molecule has 0 radical (unpaired) electrons. The summed E-state index contributed by atoms with van der Waals surface area (Å²) in [6.45, 7) is 9.10. The maximum Gasteiger partial charge on any atom is 0.295 e. The van der Waals surface area contributed by atoms with Crippen molar-refractivity contribution in [1.82, 2.24) is 14.8 Å². The van der Waals surface area contributed by atoms with Gasteiger partial charge in [-0.1, -0.05) is 13.8 Å². The Morgan fingerprint density at radius 2 is 1.77 bits per heavy atom. The second-order valence-electron chi connectivity index (χ2n) is 9.31. The molecule has 3 heterocycles. The summed E-state index contributed by atoms with van der Waals surface area (Å²) in [6.07, 6.45) is 3.98. The van der Waals surface area contributed by atoms with E-state index in [-0.39, 0.29) is 11.3 Å². The Bertz CT molecular complexity index is 1050. The molecule has 4 rings (SSSR count). The molecule has 8 nitrogen and oxygen atoms in total. The molecule has 1 amide bonds. The number of ketones is 1. The Morgan fingerprint density at radius 3 is 2.43 bits per heavy atom. The Labute approximate surface area is 206 Å². The van der Waals surface area contributed by atoms with Crippen LogP contribution in [-0.4, -0.2) is 77.6 Å². The zero-order valence-electron chi connectivity index (χ0n) is 20.4. The van der Waals surface area contributed by atoms with Gasteiger partial charge in [0.2, 0.25) is 0 Å². The Balaban J connectivity index is 1.59. The number of nitrogens with zero attached hydrogens (tertiary/aromatic N) is 3. The number of hydrogen-bond acceptors (Lipinski definition) is 7. The third-order valence-corrected chi connectivity index (χ3v) is 6.25. The van der Waals surface area contributed by atoms with E-state index in [9.17, 15) is 14.7 Å². The highest BCUT2D eigenvalue weighted by molar-refractivity contribution is 6.46. The van der Waals surface area contributed by atoms with Crippen LogP contribution in [0.5, 0.6) is 5.75 Å². The number of benzene rings is 1. The first-order valence-corrected chi connectivity index (χ1v) is 12.2. The summed E-state index contributed by atoms with van der Waals surface area (Å²) in [5.41, 5.74) is 1.31. The van der Waals surface area contributed by atoms with Crippen LogP contribution >= 0.6 is 0 Å². The van der Waals surface area contributed by atoms with Crippen LogP contribution in [0.25, 0.3) is 5.76 Å². The van der Waals surface area contributed by atoms with Crippen LogP contribution in [-0.2, 0) is 14.3 Å². The number of carbonyl (C=O) groups excluding carboxylic acids is 2. The number of morpholine rings is 1. The molecular weight excluding hydrogens is 446 g/mol. The number of aromatic nitrogens is 1. The number of aliphatic hydroxyl groups is 1. The van der Waals surface area contributed by atoms with Gasteiger partial charge in [-0.25, -0.2) is 0 Å². The normalized spacial score (nSPS) is 20.5. The summed E-state index contributed by atoms with van der Waals surface area (Å²) in [6, 6.07) is 9.83. The van der Waals surface area contributed by atoms with Crippen molar-refractivity contribution in [2.45, 2.75) is 26.3 Å². The lowest BCUT2D eigenvalue weighted by molar-refractivity contribution is -0.140. The maximum atomic E-state index is 13.1. The van der Waals surface area contributed by atoms with Crippen molar-refractivity contribution >= 4 is 17.4 Å². The van der Waals surface area contributed by atoms with Crippen LogP contribution in [0.4, 0.5) is 0 Å². The Hall–Kier alpha value is -3.23. The van der Waals surface area contributed by atoms with Crippen LogP contribution in [0.3, 0.4) is 0 Å². The van der Waals surface area contributed by atoms with E-state index < -0.39 is 17.7 Å². The fourth-order valence-electron chi connectivity index (χ4n) is 4.42. The summed E-state index contributed by atoms with van der Waals surface area (Å²) >= 11 is 0. The number of rotatable bonds is 9. The van der Waals surface area contributed by atoms with Crippen molar-refractivity contribution in [3.8, 4) is 5.75 Å². The molecule has 2 aliphatic heterocycles. The summed E-state index contributed by atoms with van der Waals surface area (Å²) in [5, 5.41) is 11.2. The molecule has 1 aromatic carbocycles. The predicted molar refractivity (Wildman–Crippen MR) is 132 cm³/mol.